The Morgan fingerprint density at radius 3 is 2.52 bits per heavy atom. The minimum Gasteiger partial charge on any atom is -0.529 e. The summed E-state index contributed by atoms with van der Waals surface area (Å²) in [6.45, 7) is 5.10. The van der Waals surface area contributed by atoms with Crippen LogP contribution in [0.15, 0.2) is 11.6 Å². The van der Waals surface area contributed by atoms with Crippen LogP contribution >= 0.6 is 0 Å². The smallest absolute Gasteiger partial charge is 0.529 e. The molecule has 4 nitrogen and oxygen atoms in total. The second-order valence-electron chi connectivity index (χ2n) is 8.86. The number of hydrogen-bond donors (Lipinski definition) is 2. The fourth-order valence-corrected chi connectivity index (χ4v) is 6.63. The SMILES string of the molecule is C[C@@]12CCCC1C1CC=C3C[C@@H](O)CC[C@]3(C)C1CC2.[K+].[NH-]ON.[W]. The van der Waals surface area contributed by atoms with Crippen LogP contribution in [0.25, 0.3) is 5.90 Å². The summed E-state index contributed by atoms with van der Waals surface area (Å²) < 4.78 is 0. The van der Waals surface area contributed by atoms with Crippen molar-refractivity contribution in [3.05, 3.63) is 17.5 Å². The molecule has 0 aromatic rings. The number of rotatable bonds is 0. The molecular weight excluding hydrogens is 511 g/mol. The summed E-state index contributed by atoms with van der Waals surface area (Å²) >= 11 is 0. The molecule has 4 N–H and O–H groups in total. The summed E-state index contributed by atoms with van der Waals surface area (Å²) in [5.41, 5.74) is 2.70. The second kappa shape index (κ2) is 10.1. The van der Waals surface area contributed by atoms with Crippen LogP contribution in [0, 0.1) is 28.6 Å². The standard InChI is InChI=1S/C19H30O.K.H3N2O.W/c1-18-9-3-4-16(18)15-6-5-13-12-14(20)7-11-19(13,2)17(15)8-10-18;;1-3-2;/h5,14-17,20H,3-4,6-12H2,1-2H3;;1H,2H2;/q;+1;-1;/t14-,15?,16?,17?,18-,19-;;;/m0.../s1. The molecule has 4 aliphatic carbocycles. The first-order valence-corrected chi connectivity index (χ1v) is 9.34. The van der Waals surface area contributed by atoms with Crippen LogP contribution in [-0.2, 0) is 26.0 Å². The van der Waals surface area contributed by atoms with Gasteiger partial charge in [0.25, 0.3) is 0 Å². The Hall–Kier alpha value is 1.90. The number of aliphatic hydroxyl groups is 1. The third-order valence-electron chi connectivity index (χ3n) is 7.86. The van der Waals surface area contributed by atoms with E-state index in [2.05, 4.69) is 30.8 Å². The largest absolute Gasteiger partial charge is 1.00 e. The second-order valence-corrected chi connectivity index (χ2v) is 8.86. The molecule has 25 heavy (non-hydrogen) atoms. The minimum atomic E-state index is -0.0637. The Kier molecular flexibility index (Phi) is 10.1. The molecule has 0 aromatic carbocycles. The van der Waals surface area contributed by atoms with Gasteiger partial charge in [0.05, 0.1) is 6.10 Å². The Labute approximate surface area is 209 Å². The van der Waals surface area contributed by atoms with Crippen molar-refractivity contribution in [1.29, 1.82) is 0 Å². The zero-order valence-corrected chi connectivity index (χ0v) is 22.1. The van der Waals surface area contributed by atoms with Crippen molar-refractivity contribution in [2.24, 2.45) is 34.5 Å². The summed E-state index contributed by atoms with van der Waals surface area (Å²) in [6.07, 6.45) is 14.3. The number of allylic oxidation sites excluding steroid dienone is 1. The van der Waals surface area contributed by atoms with Crippen LogP contribution in [0.4, 0.5) is 0 Å². The average molecular weight is 544 g/mol. The molecule has 0 saturated heterocycles. The summed E-state index contributed by atoms with van der Waals surface area (Å²) in [5.74, 6) is 12.3. The zero-order chi connectivity index (χ0) is 16.7. The van der Waals surface area contributed by atoms with Crippen molar-refractivity contribution in [1.82, 2.24) is 0 Å². The monoisotopic (exact) mass is 544 g/mol. The maximum absolute atomic E-state index is 10.0. The quantitative estimate of drug-likeness (QED) is 0.276. The van der Waals surface area contributed by atoms with E-state index >= 15 is 0 Å². The minimum absolute atomic E-state index is 0. The van der Waals surface area contributed by atoms with E-state index in [1.54, 1.807) is 5.57 Å². The van der Waals surface area contributed by atoms with Gasteiger partial charge in [-0.25, -0.2) is 5.90 Å². The van der Waals surface area contributed by atoms with E-state index in [4.69, 9.17) is 5.90 Å². The van der Waals surface area contributed by atoms with E-state index in [1.807, 2.05) is 0 Å². The van der Waals surface area contributed by atoms with Crippen LogP contribution in [0.1, 0.15) is 71.6 Å². The molecule has 0 spiro atoms. The first kappa shape index (κ1) is 24.9. The van der Waals surface area contributed by atoms with E-state index in [0.717, 1.165) is 30.6 Å². The van der Waals surface area contributed by atoms with Gasteiger partial charge in [0.15, 0.2) is 0 Å². The van der Waals surface area contributed by atoms with Gasteiger partial charge >= 0.3 is 51.4 Å². The Morgan fingerprint density at radius 1 is 1.16 bits per heavy atom. The Bertz CT molecular complexity index is 478. The normalized spacial score (nSPS) is 44.4. The molecule has 3 unspecified atom stereocenters. The fraction of sp³-hybridized carbons (Fsp3) is 0.895. The Morgan fingerprint density at radius 2 is 1.84 bits per heavy atom. The van der Waals surface area contributed by atoms with Gasteiger partial charge in [-0.3, -0.25) is 0 Å². The summed E-state index contributed by atoms with van der Waals surface area (Å²) in [5, 5.41) is 10.0. The van der Waals surface area contributed by atoms with Crippen LogP contribution < -0.4 is 57.3 Å². The van der Waals surface area contributed by atoms with E-state index in [1.165, 1.54) is 44.9 Å². The summed E-state index contributed by atoms with van der Waals surface area (Å²) in [7, 11) is 0. The van der Waals surface area contributed by atoms with Gasteiger partial charge in [-0.15, -0.1) is 0 Å². The molecule has 4 aliphatic rings. The molecule has 6 atom stereocenters. The van der Waals surface area contributed by atoms with Crippen molar-refractivity contribution in [2.75, 3.05) is 0 Å². The molecule has 0 heterocycles. The van der Waals surface area contributed by atoms with Crippen molar-refractivity contribution in [3.8, 4) is 0 Å². The maximum atomic E-state index is 10.0. The first-order valence-electron chi connectivity index (χ1n) is 9.34. The molecule has 0 amide bonds. The zero-order valence-electron chi connectivity index (χ0n) is 16.1. The van der Waals surface area contributed by atoms with Gasteiger partial charge in [-0.05, 0) is 80.0 Å². The van der Waals surface area contributed by atoms with Gasteiger partial charge in [0.1, 0.15) is 0 Å². The van der Waals surface area contributed by atoms with Crippen molar-refractivity contribution >= 4 is 0 Å². The summed E-state index contributed by atoms with van der Waals surface area (Å²) in [4.78, 5) is 3.00. The van der Waals surface area contributed by atoms with E-state index in [-0.39, 0.29) is 78.6 Å². The van der Waals surface area contributed by atoms with Gasteiger partial charge in [0.2, 0.25) is 0 Å². The molecule has 6 heteroatoms. The molecule has 3 saturated carbocycles. The number of nitrogens with two attached hydrogens (primary N) is 1. The van der Waals surface area contributed by atoms with Gasteiger partial charge in [-0.2, -0.15) is 0 Å². The Balaban J connectivity index is 0.000000586. The van der Waals surface area contributed by atoms with Crippen LogP contribution in [-0.4, -0.2) is 11.2 Å². The predicted octanol–water partition coefficient (Wildman–Crippen LogP) is 1.55. The van der Waals surface area contributed by atoms with Crippen LogP contribution in [0.5, 0.6) is 0 Å². The van der Waals surface area contributed by atoms with Crippen molar-refractivity contribution < 1.29 is 82.5 Å². The van der Waals surface area contributed by atoms with E-state index in [9.17, 15) is 5.11 Å². The van der Waals surface area contributed by atoms with Gasteiger partial charge in [-0.1, -0.05) is 31.9 Å². The first-order chi connectivity index (χ1) is 10.9. The molecular formula is C19H33KN2O2W. The molecule has 4 rings (SSSR count). The predicted molar refractivity (Wildman–Crippen MR) is 91.9 cm³/mol. The molecule has 0 radical (unpaired) electrons. The third kappa shape index (κ3) is 4.74. The van der Waals surface area contributed by atoms with Crippen LogP contribution in [0.2, 0.25) is 0 Å². The van der Waals surface area contributed by atoms with E-state index in [0.29, 0.717) is 10.8 Å². The number of nitrogens with one attached hydrogen (secondary N) is 1. The summed E-state index contributed by atoms with van der Waals surface area (Å²) in [6, 6.07) is 0. The third-order valence-corrected chi connectivity index (χ3v) is 7.86. The van der Waals surface area contributed by atoms with Crippen molar-refractivity contribution in [3.63, 3.8) is 0 Å². The van der Waals surface area contributed by atoms with Crippen molar-refractivity contribution in [2.45, 2.75) is 77.7 Å². The van der Waals surface area contributed by atoms with Gasteiger partial charge in [0, 0.05) is 21.1 Å². The number of fused-ring (bicyclic) bond motifs is 5. The molecule has 138 valence electrons. The molecule has 0 aliphatic heterocycles. The van der Waals surface area contributed by atoms with E-state index < -0.39 is 0 Å². The molecule has 0 bridgehead atoms. The molecule has 0 aromatic heterocycles. The topological polar surface area (TPSA) is 79.3 Å². The number of aliphatic hydroxyl groups excluding tert-OH is 1. The molecule has 3 fully saturated rings. The fourth-order valence-electron chi connectivity index (χ4n) is 6.63. The number of hydrogen-bond acceptors (Lipinski definition) is 3. The van der Waals surface area contributed by atoms with Crippen LogP contribution in [0.3, 0.4) is 0 Å². The van der Waals surface area contributed by atoms with Gasteiger partial charge < -0.3 is 15.9 Å². The average Bonchev–Trinajstić information content (AvgIpc) is 2.90. The maximum Gasteiger partial charge on any atom is 1.00 e.